The number of rotatable bonds is 4. The van der Waals surface area contributed by atoms with Crippen LogP contribution in [0.25, 0.3) is 114 Å². The molecule has 0 spiro atoms. The third kappa shape index (κ3) is 4.32. The van der Waals surface area contributed by atoms with E-state index in [1.807, 2.05) is 11.3 Å². The van der Waals surface area contributed by atoms with Crippen LogP contribution >= 0.6 is 11.3 Å². The Morgan fingerprint density at radius 2 is 0.655 bits per heavy atom. The maximum atomic E-state index is 2.49. The van der Waals surface area contributed by atoms with E-state index >= 15 is 0 Å². The highest BCUT2D eigenvalue weighted by Gasteiger charge is 2.23. The number of fused-ring (bicyclic) bond motifs is 12. The fourth-order valence-electron chi connectivity index (χ4n) is 9.89. The van der Waals surface area contributed by atoms with Crippen LogP contribution in [-0.4, -0.2) is 13.7 Å². The molecule has 0 aliphatic heterocycles. The van der Waals surface area contributed by atoms with Crippen LogP contribution in [0.2, 0.25) is 0 Å². The molecule has 4 aromatic heterocycles. The van der Waals surface area contributed by atoms with Crippen LogP contribution in [0.4, 0.5) is 0 Å². The van der Waals surface area contributed by atoms with Gasteiger partial charge in [0.2, 0.25) is 0 Å². The summed E-state index contributed by atoms with van der Waals surface area (Å²) in [7, 11) is 0. The topological polar surface area (TPSA) is 14.8 Å². The van der Waals surface area contributed by atoms with E-state index in [9.17, 15) is 0 Å². The third-order valence-corrected chi connectivity index (χ3v) is 13.4. The predicted molar refractivity (Wildman–Crippen MR) is 248 cm³/mol. The molecule has 0 aliphatic rings. The van der Waals surface area contributed by atoms with Crippen molar-refractivity contribution in [2.75, 3.05) is 0 Å². The standard InChI is InChI=1S/C54H33N3S/c1-7-21-42-35(15-1)36-16-2-8-22-43(36)55(42)48-26-13-27-49(56-44-23-9-3-17-37(44)38-18-4-10-24-45(38)56)53(48)34-31-32-47-41(33-34)39-19-5-11-25-46(39)57(47)50-28-14-30-52-54(50)40-20-6-12-29-51(40)58-52/h1-33H. The van der Waals surface area contributed by atoms with Gasteiger partial charge in [-0.15, -0.1) is 11.3 Å². The summed E-state index contributed by atoms with van der Waals surface area (Å²) in [6, 6.07) is 73.8. The van der Waals surface area contributed by atoms with Gasteiger partial charge in [-0.05, 0) is 78.4 Å². The van der Waals surface area contributed by atoms with E-state index in [0.29, 0.717) is 0 Å². The van der Waals surface area contributed by atoms with E-state index in [1.54, 1.807) is 0 Å². The van der Waals surface area contributed by atoms with Crippen LogP contribution in [0.1, 0.15) is 0 Å². The van der Waals surface area contributed by atoms with E-state index in [2.05, 4.69) is 214 Å². The first kappa shape index (κ1) is 31.8. The zero-order valence-electron chi connectivity index (χ0n) is 31.3. The molecule has 0 radical (unpaired) electrons. The molecule has 0 N–H and O–H groups in total. The Labute approximate surface area is 337 Å². The highest BCUT2D eigenvalue weighted by Crippen LogP contribution is 2.45. The summed E-state index contributed by atoms with van der Waals surface area (Å²) in [5, 5.41) is 10.1. The number of nitrogens with zero attached hydrogens (tertiary/aromatic N) is 3. The molecule has 4 heterocycles. The molecule has 13 rings (SSSR count). The van der Waals surface area contributed by atoms with Crippen molar-refractivity contribution < 1.29 is 0 Å². The second-order valence-corrected chi connectivity index (χ2v) is 16.3. The normalized spacial score (nSPS) is 12.1. The maximum Gasteiger partial charge on any atom is 0.0561 e. The second-order valence-electron chi connectivity index (χ2n) is 15.2. The van der Waals surface area contributed by atoms with Crippen molar-refractivity contribution in [2.24, 2.45) is 0 Å². The van der Waals surface area contributed by atoms with E-state index < -0.39 is 0 Å². The molecule has 4 heteroatoms. The van der Waals surface area contributed by atoms with Gasteiger partial charge in [0.1, 0.15) is 0 Å². The summed E-state index contributed by atoms with van der Waals surface area (Å²) >= 11 is 1.87. The molecule has 0 fully saturated rings. The molecule has 0 saturated carbocycles. The molecule has 0 aliphatic carbocycles. The zero-order valence-corrected chi connectivity index (χ0v) is 32.1. The van der Waals surface area contributed by atoms with E-state index in [0.717, 1.165) is 11.4 Å². The van der Waals surface area contributed by atoms with Crippen LogP contribution in [-0.2, 0) is 0 Å². The van der Waals surface area contributed by atoms with Gasteiger partial charge < -0.3 is 13.7 Å². The van der Waals surface area contributed by atoms with Crippen molar-refractivity contribution >= 4 is 96.9 Å². The fourth-order valence-corrected chi connectivity index (χ4v) is 11.0. The first-order valence-electron chi connectivity index (χ1n) is 19.9. The fraction of sp³-hybridized carbons (Fsp3) is 0. The quantitative estimate of drug-likeness (QED) is 0.170. The molecule has 58 heavy (non-hydrogen) atoms. The molecule has 0 saturated heterocycles. The summed E-state index contributed by atoms with van der Waals surface area (Å²) in [6.07, 6.45) is 0. The molecule has 9 aromatic carbocycles. The minimum Gasteiger partial charge on any atom is -0.309 e. The Kier molecular flexibility index (Phi) is 6.60. The smallest absolute Gasteiger partial charge is 0.0561 e. The number of para-hydroxylation sites is 5. The van der Waals surface area contributed by atoms with Crippen LogP contribution in [0.5, 0.6) is 0 Å². The monoisotopic (exact) mass is 755 g/mol. The Hall–Kier alpha value is -7.40. The number of hydrogen-bond donors (Lipinski definition) is 0. The van der Waals surface area contributed by atoms with Gasteiger partial charge in [-0.2, -0.15) is 0 Å². The van der Waals surface area contributed by atoms with E-state index in [-0.39, 0.29) is 0 Å². The maximum absolute atomic E-state index is 2.49. The largest absolute Gasteiger partial charge is 0.309 e. The van der Waals surface area contributed by atoms with Crippen LogP contribution < -0.4 is 0 Å². The molecule has 13 aromatic rings. The zero-order chi connectivity index (χ0) is 37.9. The van der Waals surface area contributed by atoms with Crippen molar-refractivity contribution in [3.05, 3.63) is 200 Å². The first-order chi connectivity index (χ1) is 28.8. The minimum atomic E-state index is 1.15. The lowest BCUT2D eigenvalue weighted by Gasteiger charge is -2.20. The van der Waals surface area contributed by atoms with Gasteiger partial charge >= 0.3 is 0 Å². The molecule has 0 amide bonds. The number of benzene rings is 9. The molecule has 0 atom stereocenters. The molecule has 3 nitrogen and oxygen atoms in total. The van der Waals surface area contributed by atoms with Crippen LogP contribution in [0.15, 0.2) is 200 Å². The summed E-state index contributed by atoms with van der Waals surface area (Å²) in [6.45, 7) is 0. The third-order valence-electron chi connectivity index (χ3n) is 12.2. The number of aromatic nitrogens is 3. The van der Waals surface area contributed by atoms with Gasteiger partial charge in [-0.3, -0.25) is 0 Å². The van der Waals surface area contributed by atoms with Crippen LogP contribution in [0, 0.1) is 0 Å². The Bertz CT molecular complexity index is 3580. The molecule has 0 unspecified atom stereocenters. The second kappa shape index (κ2) is 12.1. The van der Waals surface area contributed by atoms with Crippen molar-refractivity contribution in [2.45, 2.75) is 0 Å². The van der Waals surface area contributed by atoms with E-state index in [1.165, 1.54) is 102 Å². The van der Waals surface area contributed by atoms with Crippen molar-refractivity contribution in [3.8, 4) is 28.2 Å². The minimum absolute atomic E-state index is 1.15. The Balaban J connectivity index is 1.16. The molecular weight excluding hydrogens is 723 g/mol. The summed E-state index contributed by atoms with van der Waals surface area (Å²) < 4.78 is 10.1. The predicted octanol–water partition coefficient (Wildman–Crippen LogP) is 15.0. The van der Waals surface area contributed by atoms with Gasteiger partial charge in [0, 0.05) is 58.1 Å². The van der Waals surface area contributed by atoms with Crippen molar-refractivity contribution in [1.82, 2.24) is 13.7 Å². The van der Waals surface area contributed by atoms with Gasteiger partial charge in [0.15, 0.2) is 0 Å². The van der Waals surface area contributed by atoms with Crippen LogP contribution in [0.3, 0.4) is 0 Å². The van der Waals surface area contributed by atoms with Crippen molar-refractivity contribution in [1.29, 1.82) is 0 Å². The average Bonchev–Trinajstić information content (AvgIpc) is 4.02. The number of hydrogen-bond acceptors (Lipinski definition) is 1. The van der Waals surface area contributed by atoms with Gasteiger partial charge in [-0.25, -0.2) is 0 Å². The first-order valence-corrected chi connectivity index (χ1v) is 20.7. The Morgan fingerprint density at radius 1 is 0.276 bits per heavy atom. The number of thiophene rings is 1. The summed E-state index contributed by atoms with van der Waals surface area (Å²) in [5.74, 6) is 0. The van der Waals surface area contributed by atoms with E-state index in [4.69, 9.17) is 0 Å². The SMILES string of the molecule is c1cc(-n2c3ccccc3c3ccccc32)c(-c2ccc3c(c2)c2ccccc2n3-c2cccc3sc4ccccc4c23)c(-n2c3ccccc3c3ccccc32)c1. The summed E-state index contributed by atoms with van der Waals surface area (Å²) in [4.78, 5) is 0. The Morgan fingerprint density at radius 3 is 1.19 bits per heavy atom. The van der Waals surface area contributed by atoms with Gasteiger partial charge in [0.05, 0.1) is 50.2 Å². The molecular formula is C54H33N3S. The lowest BCUT2D eigenvalue weighted by molar-refractivity contribution is 1.14. The highest BCUT2D eigenvalue weighted by atomic mass is 32.1. The lowest BCUT2D eigenvalue weighted by Crippen LogP contribution is -2.03. The average molecular weight is 756 g/mol. The lowest BCUT2D eigenvalue weighted by atomic mass is 9.98. The van der Waals surface area contributed by atoms with Gasteiger partial charge in [-0.1, -0.05) is 127 Å². The molecule has 0 bridgehead atoms. The molecule has 270 valence electrons. The highest BCUT2D eigenvalue weighted by molar-refractivity contribution is 7.25. The summed E-state index contributed by atoms with van der Waals surface area (Å²) in [5.41, 5.74) is 13.0. The van der Waals surface area contributed by atoms with Crippen molar-refractivity contribution in [3.63, 3.8) is 0 Å². The van der Waals surface area contributed by atoms with Gasteiger partial charge in [0.25, 0.3) is 0 Å².